The van der Waals surface area contributed by atoms with Crippen molar-refractivity contribution in [1.29, 1.82) is 0 Å². The molecule has 0 atom stereocenters. The molecular formula is C60H40N2. The summed E-state index contributed by atoms with van der Waals surface area (Å²) >= 11 is 0. The van der Waals surface area contributed by atoms with Crippen molar-refractivity contribution >= 4 is 71.2 Å². The molecule has 290 valence electrons. The minimum Gasteiger partial charge on any atom is -0.310 e. The van der Waals surface area contributed by atoms with Gasteiger partial charge in [0.15, 0.2) is 0 Å². The van der Waals surface area contributed by atoms with E-state index in [1.165, 1.54) is 87.5 Å². The van der Waals surface area contributed by atoms with Crippen molar-refractivity contribution in [2.45, 2.75) is 0 Å². The van der Waals surface area contributed by atoms with E-state index in [1.807, 2.05) is 0 Å². The molecule has 0 spiro atoms. The molecule has 0 aliphatic heterocycles. The van der Waals surface area contributed by atoms with Crippen LogP contribution in [-0.2, 0) is 0 Å². The van der Waals surface area contributed by atoms with Crippen LogP contribution >= 0.6 is 0 Å². The molecule has 0 unspecified atom stereocenters. The van der Waals surface area contributed by atoms with Crippen molar-refractivity contribution in [3.05, 3.63) is 243 Å². The van der Waals surface area contributed by atoms with Crippen LogP contribution in [0.2, 0.25) is 0 Å². The van der Waals surface area contributed by atoms with Gasteiger partial charge in [-0.25, -0.2) is 0 Å². The molecule has 0 fully saturated rings. The standard InChI is InChI=1S/C60H40N2/c1-2-13-42(14-3-1)53-23-11-16-46-17-12-24-54(60(46)53)44-31-36-49(37-32-44)61(51-38-33-45-28-27-43-15-4-5-20-52(43)57(45)40-51)48-34-29-41(30-35-48)47-18-10-19-50(39-47)62-58-25-8-6-21-55(58)56-22-7-9-26-59(56)62/h1-40H. The second-order valence-corrected chi connectivity index (χ2v) is 16.1. The molecule has 1 aromatic heterocycles. The lowest BCUT2D eigenvalue weighted by Gasteiger charge is -2.26. The van der Waals surface area contributed by atoms with Crippen LogP contribution in [0.5, 0.6) is 0 Å². The van der Waals surface area contributed by atoms with Crippen molar-refractivity contribution in [2.24, 2.45) is 0 Å². The highest BCUT2D eigenvalue weighted by Crippen LogP contribution is 2.42. The second kappa shape index (κ2) is 14.8. The smallest absolute Gasteiger partial charge is 0.0541 e. The van der Waals surface area contributed by atoms with Gasteiger partial charge in [0.05, 0.1) is 11.0 Å². The van der Waals surface area contributed by atoms with E-state index in [1.54, 1.807) is 0 Å². The zero-order valence-corrected chi connectivity index (χ0v) is 34.0. The fourth-order valence-electron chi connectivity index (χ4n) is 9.63. The number of anilines is 3. The van der Waals surface area contributed by atoms with E-state index in [4.69, 9.17) is 0 Å². The van der Waals surface area contributed by atoms with Gasteiger partial charge in [-0.15, -0.1) is 0 Å². The van der Waals surface area contributed by atoms with Crippen molar-refractivity contribution in [1.82, 2.24) is 4.57 Å². The van der Waals surface area contributed by atoms with Gasteiger partial charge in [0.2, 0.25) is 0 Å². The number of rotatable bonds is 7. The molecule has 11 aromatic carbocycles. The Labute approximate surface area is 360 Å². The Hall–Kier alpha value is -8.20. The van der Waals surface area contributed by atoms with Gasteiger partial charge in [-0.2, -0.15) is 0 Å². The molecule has 0 bridgehead atoms. The van der Waals surface area contributed by atoms with Gasteiger partial charge in [0.25, 0.3) is 0 Å². The van der Waals surface area contributed by atoms with Crippen molar-refractivity contribution in [3.63, 3.8) is 0 Å². The van der Waals surface area contributed by atoms with Crippen LogP contribution in [0.3, 0.4) is 0 Å². The van der Waals surface area contributed by atoms with Crippen LogP contribution < -0.4 is 4.90 Å². The molecule has 0 saturated carbocycles. The highest BCUT2D eigenvalue weighted by atomic mass is 15.1. The normalized spacial score (nSPS) is 11.5. The highest BCUT2D eigenvalue weighted by Gasteiger charge is 2.17. The minimum absolute atomic E-state index is 1.09. The molecule has 0 aliphatic rings. The Morgan fingerprint density at radius 1 is 0.274 bits per heavy atom. The van der Waals surface area contributed by atoms with Crippen molar-refractivity contribution in [3.8, 4) is 39.1 Å². The Balaban J connectivity index is 0.967. The van der Waals surface area contributed by atoms with Gasteiger partial charge in [0.1, 0.15) is 0 Å². The van der Waals surface area contributed by atoms with Crippen LogP contribution in [0.1, 0.15) is 0 Å². The molecule has 0 aliphatic carbocycles. The molecule has 2 nitrogen and oxygen atoms in total. The van der Waals surface area contributed by atoms with Gasteiger partial charge in [-0.3, -0.25) is 0 Å². The number of hydrogen-bond donors (Lipinski definition) is 0. The summed E-state index contributed by atoms with van der Waals surface area (Å²) in [6, 6.07) is 88.5. The maximum atomic E-state index is 2.39. The fourth-order valence-corrected chi connectivity index (χ4v) is 9.63. The van der Waals surface area contributed by atoms with Crippen LogP contribution in [0, 0.1) is 0 Å². The first kappa shape index (κ1) is 35.7. The molecule has 12 rings (SSSR count). The molecule has 0 amide bonds. The number of nitrogens with zero attached hydrogens (tertiary/aromatic N) is 2. The van der Waals surface area contributed by atoms with Gasteiger partial charge >= 0.3 is 0 Å². The first-order valence-electron chi connectivity index (χ1n) is 21.3. The van der Waals surface area contributed by atoms with E-state index in [2.05, 4.69) is 252 Å². The topological polar surface area (TPSA) is 8.17 Å². The summed E-state index contributed by atoms with van der Waals surface area (Å²) in [5, 5.41) is 10.00. The third-order valence-corrected chi connectivity index (χ3v) is 12.6. The van der Waals surface area contributed by atoms with Gasteiger partial charge in [-0.05, 0) is 126 Å². The predicted octanol–water partition coefficient (Wildman–Crippen LogP) is 16.7. The van der Waals surface area contributed by atoms with Crippen molar-refractivity contribution < 1.29 is 0 Å². The summed E-state index contributed by atoms with van der Waals surface area (Å²) in [5.74, 6) is 0. The highest BCUT2D eigenvalue weighted by molar-refractivity contribution is 6.11. The number of para-hydroxylation sites is 2. The van der Waals surface area contributed by atoms with Gasteiger partial charge in [-0.1, -0.05) is 182 Å². The quantitative estimate of drug-likeness (QED) is 0.146. The van der Waals surface area contributed by atoms with E-state index >= 15 is 0 Å². The van der Waals surface area contributed by atoms with Crippen molar-refractivity contribution in [2.75, 3.05) is 4.90 Å². The monoisotopic (exact) mass is 788 g/mol. The van der Waals surface area contributed by atoms with Gasteiger partial charge in [0, 0.05) is 33.5 Å². The summed E-state index contributed by atoms with van der Waals surface area (Å²) in [6.45, 7) is 0. The lowest BCUT2D eigenvalue weighted by atomic mass is 9.91. The first-order valence-corrected chi connectivity index (χ1v) is 21.3. The largest absolute Gasteiger partial charge is 0.310 e. The predicted molar refractivity (Wildman–Crippen MR) is 264 cm³/mol. The third kappa shape index (κ3) is 6.04. The summed E-state index contributed by atoms with van der Waals surface area (Å²) in [4.78, 5) is 2.39. The molecule has 62 heavy (non-hydrogen) atoms. The van der Waals surface area contributed by atoms with E-state index in [0.29, 0.717) is 0 Å². The van der Waals surface area contributed by atoms with E-state index in [-0.39, 0.29) is 0 Å². The molecular weight excluding hydrogens is 749 g/mol. The Bertz CT molecular complexity index is 3560. The van der Waals surface area contributed by atoms with E-state index in [0.717, 1.165) is 22.7 Å². The Morgan fingerprint density at radius 2 is 0.758 bits per heavy atom. The Morgan fingerprint density at radius 3 is 1.44 bits per heavy atom. The van der Waals surface area contributed by atoms with Crippen LogP contribution in [0.15, 0.2) is 243 Å². The molecule has 0 saturated heterocycles. The van der Waals surface area contributed by atoms with E-state index < -0.39 is 0 Å². The lowest BCUT2D eigenvalue weighted by Crippen LogP contribution is -2.10. The zero-order valence-electron chi connectivity index (χ0n) is 34.0. The lowest BCUT2D eigenvalue weighted by molar-refractivity contribution is 1.18. The van der Waals surface area contributed by atoms with Crippen LogP contribution in [0.25, 0.3) is 93.2 Å². The second-order valence-electron chi connectivity index (χ2n) is 16.1. The Kier molecular flexibility index (Phi) is 8.53. The zero-order chi connectivity index (χ0) is 41.0. The summed E-state index contributed by atoms with van der Waals surface area (Å²) in [5.41, 5.74) is 14.1. The maximum Gasteiger partial charge on any atom is 0.0541 e. The van der Waals surface area contributed by atoms with Crippen LogP contribution in [0.4, 0.5) is 17.1 Å². The van der Waals surface area contributed by atoms with Gasteiger partial charge < -0.3 is 9.47 Å². The van der Waals surface area contributed by atoms with E-state index in [9.17, 15) is 0 Å². The average molecular weight is 789 g/mol. The fraction of sp³-hybridized carbons (Fsp3) is 0. The maximum absolute atomic E-state index is 2.39. The number of hydrogen-bond acceptors (Lipinski definition) is 1. The summed E-state index contributed by atoms with van der Waals surface area (Å²) in [7, 11) is 0. The molecule has 1 heterocycles. The SMILES string of the molecule is c1ccc(-c2cccc3cccc(-c4ccc(N(c5ccc(-c6cccc(-n7c8ccccc8c8ccccc87)c6)cc5)c5ccc6ccc7ccccc7c6c5)cc4)c23)cc1. The third-order valence-electron chi connectivity index (χ3n) is 12.6. The molecule has 0 radical (unpaired) electrons. The number of benzene rings is 11. The van der Waals surface area contributed by atoms with Crippen LogP contribution in [-0.4, -0.2) is 4.57 Å². The number of fused-ring (bicyclic) bond motifs is 7. The molecule has 2 heteroatoms. The summed E-state index contributed by atoms with van der Waals surface area (Å²) < 4.78 is 2.39. The first-order chi connectivity index (χ1) is 30.7. The minimum atomic E-state index is 1.09. The molecule has 12 aromatic rings. The number of aromatic nitrogens is 1. The molecule has 0 N–H and O–H groups in total. The summed E-state index contributed by atoms with van der Waals surface area (Å²) in [6.07, 6.45) is 0. The average Bonchev–Trinajstić information content (AvgIpc) is 3.69.